The van der Waals surface area contributed by atoms with Gasteiger partial charge >= 0.3 is 5.97 Å². The Morgan fingerprint density at radius 3 is 2.21 bits per heavy atom. The summed E-state index contributed by atoms with van der Waals surface area (Å²) in [7, 11) is 0. The average molecular weight is 202 g/mol. The number of rotatable bonds is 4. The van der Waals surface area contributed by atoms with E-state index in [-0.39, 0.29) is 5.96 Å². The van der Waals surface area contributed by atoms with E-state index < -0.39 is 24.0 Å². The SMILES string of the molecule is C[C@H](N=C(N)N)C(=O)N[C@@H](C)C(=O)O. The Morgan fingerprint density at radius 2 is 1.86 bits per heavy atom. The summed E-state index contributed by atoms with van der Waals surface area (Å²) in [5.74, 6) is -1.86. The third-order valence-electron chi connectivity index (χ3n) is 1.45. The van der Waals surface area contributed by atoms with Gasteiger partial charge in [-0.3, -0.25) is 9.59 Å². The maximum atomic E-state index is 11.2. The molecule has 14 heavy (non-hydrogen) atoms. The van der Waals surface area contributed by atoms with Crippen LogP contribution in [0.5, 0.6) is 0 Å². The normalized spacial score (nSPS) is 13.9. The molecule has 0 rings (SSSR count). The number of nitrogens with zero attached hydrogens (tertiary/aromatic N) is 1. The molecule has 0 fully saturated rings. The monoisotopic (exact) mass is 202 g/mol. The van der Waals surface area contributed by atoms with Crippen LogP contribution in [0.2, 0.25) is 0 Å². The second kappa shape index (κ2) is 5.05. The molecule has 6 N–H and O–H groups in total. The molecule has 0 aromatic rings. The van der Waals surface area contributed by atoms with E-state index >= 15 is 0 Å². The summed E-state index contributed by atoms with van der Waals surface area (Å²) in [6.07, 6.45) is 0. The van der Waals surface area contributed by atoms with Crippen molar-refractivity contribution < 1.29 is 14.7 Å². The van der Waals surface area contributed by atoms with Crippen molar-refractivity contribution in [3.63, 3.8) is 0 Å². The van der Waals surface area contributed by atoms with Crippen molar-refractivity contribution in [2.45, 2.75) is 25.9 Å². The van der Waals surface area contributed by atoms with Crippen molar-refractivity contribution in [3.05, 3.63) is 0 Å². The molecular weight excluding hydrogens is 188 g/mol. The smallest absolute Gasteiger partial charge is 0.325 e. The molecule has 1 amide bonds. The molecule has 0 aromatic carbocycles. The largest absolute Gasteiger partial charge is 0.480 e. The number of aliphatic imine (C=N–C) groups is 1. The molecule has 0 aliphatic heterocycles. The van der Waals surface area contributed by atoms with Gasteiger partial charge in [0.2, 0.25) is 5.91 Å². The Kier molecular flexibility index (Phi) is 4.41. The van der Waals surface area contributed by atoms with Gasteiger partial charge in [0, 0.05) is 0 Å². The van der Waals surface area contributed by atoms with E-state index in [1.807, 2.05) is 0 Å². The van der Waals surface area contributed by atoms with Crippen LogP contribution >= 0.6 is 0 Å². The van der Waals surface area contributed by atoms with E-state index in [2.05, 4.69) is 10.3 Å². The van der Waals surface area contributed by atoms with Gasteiger partial charge < -0.3 is 21.9 Å². The van der Waals surface area contributed by atoms with Crippen LogP contribution in [0.3, 0.4) is 0 Å². The first kappa shape index (κ1) is 12.2. The minimum Gasteiger partial charge on any atom is -0.480 e. The number of aliphatic carboxylic acids is 1. The summed E-state index contributed by atoms with van der Waals surface area (Å²) < 4.78 is 0. The van der Waals surface area contributed by atoms with E-state index in [0.29, 0.717) is 0 Å². The third-order valence-corrected chi connectivity index (χ3v) is 1.45. The molecule has 0 bridgehead atoms. The lowest BCUT2D eigenvalue weighted by Gasteiger charge is -2.11. The summed E-state index contributed by atoms with van der Waals surface area (Å²) in [4.78, 5) is 25.1. The topological polar surface area (TPSA) is 131 Å². The van der Waals surface area contributed by atoms with Gasteiger partial charge in [-0.05, 0) is 13.8 Å². The number of carbonyl (C=O) groups excluding carboxylic acids is 1. The van der Waals surface area contributed by atoms with Crippen LogP contribution in [0.1, 0.15) is 13.8 Å². The standard InChI is InChI=1S/C7H14N4O3/c1-3(11-7(8)9)5(12)10-4(2)6(13)14/h3-4H,1-2H3,(H,10,12)(H,13,14)(H4,8,9,11)/t3-,4-/m0/s1. The molecule has 0 radical (unpaired) electrons. The minimum absolute atomic E-state index is 0.212. The summed E-state index contributed by atoms with van der Waals surface area (Å²) in [6, 6.07) is -1.75. The molecule has 2 atom stereocenters. The molecule has 0 heterocycles. The summed E-state index contributed by atoms with van der Waals surface area (Å²) >= 11 is 0. The van der Waals surface area contributed by atoms with Crippen LogP contribution < -0.4 is 16.8 Å². The Morgan fingerprint density at radius 1 is 1.36 bits per heavy atom. The van der Waals surface area contributed by atoms with Crippen molar-refractivity contribution >= 4 is 17.8 Å². The summed E-state index contributed by atoms with van der Waals surface area (Å²) in [5, 5.41) is 10.7. The van der Waals surface area contributed by atoms with Crippen LogP contribution in [-0.4, -0.2) is 35.0 Å². The Labute approximate surface area is 81.2 Å². The van der Waals surface area contributed by atoms with Gasteiger partial charge in [0.1, 0.15) is 12.1 Å². The summed E-state index contributed by atoms with van der Waals surface area (Å²) in [6.45, 7) is 2.81. The first-order chi connectivity index (χ1) is 6.34. The Hall–Kier alpha value is -1.79. The number of hydrogen-bond acceptors (Lipinski definition) is 3. The van der Waals surface area contributed by atoms with E-state index in [1.54, 1.807) is 0 Å². The fourth-order valence-electron chi connectivity index (χ4n) is 0.678. The van der Waals surface area contributed by atoms with Crippen molar-refractivity contribution in [1.29, 1.82) is 0 Å². The van der Waals surface area contributed by atoms with Crippen LogP contribution in [-0.2, 0) is 9.59 Å². The van der Waals surface area contributed by atoms with Crippen LogP contribution in [0.25, 0.3) is 0 Å². The lowest BCUT2D eigenvalue weighted by atomic mass is 10.3. The zero-order chi connectivity index (χ0) is 11.3. The first-order valence-corrected chi connectivity index (χ1v) is 3.96. The second-order valence-corrected chi connectivity index (χ2v) is 2.80. The highest BCUT2D eigenvalue weighted by Crippen LogP contribution is 1.91. The molecule has 0 spiro atoms. The Balaban J connectivity index is 4.22. The number of carboxylic acid groups (broad SMARTS) is 1. The second-order valence-electron chi connectivity index (χ2n) is 2.80. The van der Waals surface area contributed by atoms with Crippen molar-refractivity contribution in [2.75, 3.05) is 0 Å². The number of hydrogen-bond donors (Lipinski definition) is 4. The molecule has 0 saturated carbocycles. The zero-order valence-corrected chi connectivity index (χ0v) is 8.02. The van der Waals surface area contributed by atoms with E-state index in [4.69, 9.17) is 16.6 Å². The van der Waals surface area contributed by atoms with Crippen LogP contribution in [0.15, 0.2) is 4.99 Å². The highest BCUT2D eigenvalue weighted by molar-refractivity contribution is 5.88. The fourth-order valence-corrected chi connectivity index (χ4v) is 0.678. The van der Waals surface area contributed by atoms with Gasteiger partial charge in [-0.25, -0.2) is 4.99 Å². The first-order valence-electron chi connectivity index (χ1n) is 3.96. The van der Waals surface area contributed by atoms with Crippen molar-refractivity contribution in [2.24, 2.45) is 16.5 Å². The van der Waals surface area contributed by atoms with Crippen molar-refractivity contribution in [3.8, 4) is 0 Å². The lowest BCUT2D eigenvalue weighted by Crippen LogP contribution is -2.43. The van der Waals surface area contributed by atoms with Gasteiger partial charge in [-0.1, -0.05) is 0 Å². The third kappa shape index (κ3) is 4.29. The highest BCUT2D eigenvalue weighted by atomic mass is 16.4. The minimum atomic E-state index is -1.12. The van der Waals surface area contributed by atoms with E-state index in [0.717, 1.165) is 0 Å². The predicted octanol–water partition coefficient (Wildman–Crippen LogP) is -1.76. The van der Waals surface area contributed by atoms with Gasteiger partial charge in [0.15, 0.2) is 5.96 Å². The van der Waals surface area contributed by atoms with Crippen LogP contribution in [0.4, 0.5) is 0 Å². The molecule has 0 aliphatic carbocycles. The molecular formula is C7H14N4O3. The lowest BCUT2D eigenvalue weighted by molar-refractivity contribution is -0.141. The molecule has 0 aromatic heterocycles. The number of carbonyl (C=O) groups is 2. The molecule has 80 valence electrons. The van der Waals surface area contributed by atoms with E-state index in [9.17, 15) is 9.59 Å². The average Bonchev–Trinajstić information content (AvgIpc) is 2.02. The summed E-state index contributed by atoms with van der Waals surface area (Å²) in [5.41, 5.74) is 10.1. The number of nitrogens with one attached hydrogen (secondary N) is 1. The van der Waals surface area contributed by atoms with Crippen molar-refractivity contribution in [1.82, 2.24) is 5.32 Å². The maximum absolute atomic E-state index is 11.2. The molecule has 7 heteroatoms. The number of guanidine groups is 1. The number of carboxylic acids is 1. The number of amides is 1. The van der Waals surface area contributed by atoms with Gasteiger partial charge in [0.25, 0.3) is 0 Å². The quantitative estimate of drug-likeness (QED) is 0.317. The van der Waals surface area contributed by atoms with Gasteiger partial charge in [-0.15, -0.1) is 0 Å². The fraction of sp³-hybridized carbons (Fsp3) is 0.571. The van der Waals surface area contributed by atoms with Gasteiger partial charge in [0.05, 0.1) is 0 Å². The maximum Gasteiger partial charge on any atom is 0.325 e. The highest BCUT2D eigenvalue weighted by Gasteiger charge is 2.18. The zero-order valence-electron chi connectivity index (χ0n) is 8.02. The van der Waals surface area contributed by atoms with Crippen LogP contribution in [0, 0.1) is 0 Å². The molecule has 0 aliphatic rings. The number of nitrogens with two attached hydrogens (primary N) is 2. The van der Waals surface area contributed by atoms with E-state index in [1.165, 1.54) is 13.8 Å². The van der Waals surface area contributed by atoms with Gasteiger partial charge in [-0.2, -0.15) is 0 Å². The molecule has 0 unspecified atom stereocenters. The predicted molar refractivity (Wildman–Crippen MR) is 50.5 cm³/mol. The molecule has 0 saturated heterocycles. The Bertz CT molecular complexity index is 260. The molecule has 7 nitrogen and oxygen atoms in total.